The molecule has 0 spiro atoms. The van der Waals surface area contributed by atoms with E-state index in [9.17, 15) is 14.7 Å². The van der Waals surface area contributed by atoms with Crippen molar-refractivity contribution in [3.8, 4) is 23.0 Å². The van der Waals surface area contributed by atoms with Crippen molar-refractivity contribution >= 4 is 17.4 Å². The number of rotatable bonds is 8. The summed E-state index contributed by atoms with van der Waals surface area (Å²) in [5.41, 5.74) is 0.649. The maximum Gasteiger partial charge on any atom is 0.295 e. The molecule has 35 heavy (non-hydrogen) atoms. The number of ketones is 1. The van der Waals surface area contributed by atoms with E-state index >= 15 is 0 Å². The van der Waals surface area contributed by atoms with Crippen LogP contribution >= 0.6 is 0 Å². The molecule has 0 aromatic heterocycles. The van der Waals surface area contributed by atoms with Crippen LogP contribution in [0.5, 0.6) is 23.0 Å². The Kier molecular flexibility index (Phi) is 7.16. The number of methoxy groups -OCH3 is 2. The van der Waals surface area contributed by atoms with Crippen molar-refractivity contribution in [1.82, 2.24) is 4.90 Å². The zero-order chi connectivity index (χ0) is 25.1. The number of carbonyl (C=O) groups excluding carboxylic acids is 2. The summed E-state index contributed by atoms with van der Waals surface area (Å²) in [6.07, 6.45) is 0.662. The molecule has 2 aliphatic heterocycles. The van der Waals surface area contributed by atoms with Gasteiger partial charge in [0.15, 0.2) is 23.0 Å². The molecule has 2 aromatic rings. The average molecular weight is 483 g/mol. The number of hydrogen-bond acceptors (Lipinski definition) is 7. The van der Waals surface area contributed by atoms with E-state index in [2.05, 4.69) is 0 Å². The van der Waals surface area contributed by atoms with Gasteiger partial charge in [0.2, 0.25) is 5.78 Å². The number of para-hydroxylation sites is 1. The van der Waals surface area contributed by atoms with Crippen LogP contribution in [0.15, 0.2) is 42.0 Å². The molecule has 1 saturated heterocycles. The maximum absolute atomic E-state index is 13.7. The number of fused-ring (bicyclic) bond motifs is 1. The fraction of sp³-hybridized carbons (Fsp3) is 0.385. The summed E-state index contributed by atoms with van der Waals surface area (Å²) in [5.74, 6) is -0.257. The van der Waals surface area contributed by atoms with E-state index in [1.807, 2.05) is 14.1 Å². The summed E-state index contributed by atoms with van der Waals surface area (Å²) >= 11 is 0. The van der Waals surface area contributed by atoms with Crippen molar-refractivity contribution in [2.24, 2.45) is 0 Å². The molecule has 9 heteroatoms. The molecule has 4 rings (SSSR count). The molecule has 1 unspecified atom stereocenters. The summed E-state index contributed by atoms with van der Waals surface area (Å²) < 4.78 is 22.2. The van der Waals surface area contributed by atoms with Gasteiger partial charge >= 0.3 is 0 Å². The molecule has 186 valence electrons. The van der Waals surface area contributed by atoms with Crippen LogP contribution in [-0.2, 0) is 9.59 Å². The molecule has 1 fully saturated rings. The van der Waals surface area contributed by atoms with Crippen LogP contribution in [0.3, 0.4) is 0 Å². The average Bonchev–Trinajstić information content (AvgIpc) is 3.12. The van der Waals surface area contributed by atoms with Gasteiger partial charge in [-0.3, -0.25) is 9.59 Å². The first kappa shape index (κ1) is 24.4. The Morgan fingerprint density at radius 3 is 2.51 bits per heavy atom. The van der Waals surface area contributed by atoms with E-state index in [1.165, 1.54) is 24.0 Å². The highest BCUT2D eigenvalue weighted by Crippen LogP contribution is 2.45. The number of likely N-dealkylation sites (tertiary alicyclic amines) is 1. The minimum atomic E-state index is -0.905. The largest absolute Gasteiger partial charge is 0.872 e. The number of hydrogen-bond donors (Lipinski definition) is 1. The lowest BCUT2D eigenvalue weighted by Crippen LogP contribution is -3.05. The molecule has 1 N–H and O–H groups in total. The summed E-state index contributed by atoms with van der Waals surface area (Å²) in [4.78, 5) is 29.1. The second kappa shape index (κ2) is 10.3. The van der Waals surface area contributed by atoms with Gasteiger partial charge in [-0.05, 0) is 23.8 Å². The standard InChI is InChI=1S/C26H30N2O7/c1-27(2)11-6-12-28-22(17-7-5-8-19(32-3)25(17)33-4)21(24(30)26(28)31)23(29)16-9-10-18-20(15-16)35-14-13-34-18/h5,7-10,15,22,29H,6,11-14H2,1-4H3. The first-order valence-electron chi connectivity index (χ1n) is 11.5. The van der Waals surface area contributed by atoms with Gasteiger partial charge in [0, 0.05) is 24.1 Å². The van der Waals surface area contributed by atoms with Crippen molar-refractivity contribution in [1.29, 1.82) is 0 Å². The molecular formula is C26H30N2O7. The van der Waals surface area contributed by atoms with Crippen molar-refractivity contribution in [2.75, 3.05) is 54.6 Å². The van der Waals surface area contributed by atoms with Crippen molar-refractivity contribution in [3.63, 3.8) is 0 Å². The molecule has 2 aliphatic rings. The molecule has 1 amide bonds. The predicted octanol–water partition coefficient (Wildman–Crippen LogP) is 0.234. The third-order valence-electron chi connectivity index (χ3n) is 6.14. The molecule has 2 heterocycles. The van der Waals surface area contributed by atoms with Crippen molar-refractivity contribution in [2.45, 2.75) is 12.5 Å². The second-order valence-corrected chi connectivity index (χ2v) is 8.72. The number of Topliss-reactive ketones (excluding diaryl/α,β-unsaturated/α-hetero) is 1. The molecule has 9 nitrogen and oxygen atoms in total. The minimum Gasteiger partial charge on any atom is -0.872 e. The first-order chi connectivity index (χ1) is 16.9. The van der Waals surface area contributed by atoms with E-state index in [0.717, 1.165) is 6.54 Å². The van der Waals surface area contributed by atoms with Crippen molar-refractivity contribution in [3.05, 3.63) is 53.1 Å². The number of carbonyl (C=O) groups is 2. The lowest BCUT2D eigenvalue weighted by molar-refractivity contribution is -0.858. The van der Waals surface area contributed by atoms with E-state index in [4.69, 9.17) is 18.9 Å². The zero-order valence-electron chi connectivity index (χ0n) is 20.4. The number of nitrogens with zero attached hydrogens (tertiary/aromatic N) is 1. The molecular weight excluding hydrogens is 452 g/mol. The van der Waals surface area contributed by atoms with E-state index in [1.54, 1.807) is 36.4 Å². The lowest BCUT2D eigenvalue weighted by atomic mass is 9.94. The maximum atomic E-state index is 13.7. The summed E-state index contributed by atoms with van der Waals surface area (Å²) in [7, 11) is 7.03. The molecule has 0 bridgehead atoms. The fourth-order valence-corrected chi connectivity index (χ4v) is 4.49. The summed E-state index contributed by atoms with van der Waals surface area (Å²) in [6.45, 7) is 1.90. The van der Waals surface area contributed by atoms with Crippen LogP contribution in [0.2, 0.25) is 0 Å². The van der Waals surface area contributed by atoms with Gasteiger partial charge in [-0.25, -0.2) is 0 Å². The van der Waals surface area contributed by atoms with Gasteiger partial charge in [0.25, 0.3) is 5.91 Å². The SMILES string of the molecule is COc1cccc(C2C(=C([O-])c3ccc4c(c3)OCCO4)C(=O)C(=O)N2CCC[NH+](C)C)c1OC. The van der Waals surface area contributed by atoms with E-state index in [-0.39, 0.29) is 11.1 Å². The third-order valence-corrected chi connectivity index (χ3v) is 6.14. The van der Waals surface area contributed by atoms with Gasteiger partial charge in [0.05, 0.1) is 40.9 Å². The normalized spacial score (nSPS) is 18.8. The highest BCUT2D eigenvalue weighted by molar-refractivity contribution is 6.46. The Balaban J connectivity index is 1.86. The van der Waals surface area contributed by atoms with E-state index in [0.29, 0.717) is 54.7 Å². The first-order valence-corrected chi connectivity index (χ1v) is 11.5. The fourth-order valence-electron chi connectivity index (χ4n) is 4.49. The smallest absolute Gasteiger partial charge is 0.295 e. The van der Waals surface area contributed by atoms with Gasteiger partial charge < -0.3 is 33.9 Å². The number of benzene rings is 2. The van der Waals surface area contributed by atoms with Crippen LogP contribution in [0.25, 0.3) is 5.76 Å². The second-order valence-electron chi connectivity index (χ2n) is 8.72. The number of quaternary nitrogens is 1. The highest BCUT2D eigenvalue weighted by Gasteiger charge is 2.45. The Labute approximate surface area is 204 Å². The predicted molar refractivity (Wildman–Crippen MR) is 126 cm³/mol. The van der Waals surface area contributed by atoms with Crippen molar-refractivity contribution < 1.29 is 38.5 Å². The van der Waals surface area contributed by atoms with Gasteiger partial charge in [-0.15, -0.1) is 0 Å². The summed E-state index contributed by atoms with van der Waals surface area (Å²) in [6, 6.07) is 9.10. The molecule has 2 aromatic carbocycles. The zero-order valence-corrected chi connectivity index (χ0v) is 20.4. The Morgan fingerprint density at radius 1 is 1.09 bits per heavy atom. The van der Waals surface area contributed by atoms with Crippen LogP contribution < -0.4 is 29.0 Å². The number of nitrogens with one attached hydrogen (secondary N) is 1. The van der Waals surface area contributed by atoms with Gasteiger partial charge in [-0.2, -0.15) is 0 Å². The molecule has 0 saturated carbocycles. The minimum absolute atomic E-state index is 0.115. The molecule has 0 radical (unpaired) electrons. The number of amides is 1. The topological polar surface area (TPSA) is 102 Å². The molecule has 1 atom stereocenters. The highest BCUT2D eigenvalue weighted by atomic mass is 16.6. The van der Waals surface area contributed by atoms with Crippen LogP contribution in [0.1, 0.15) is 23.6 Å². The van der Waals surface area contributed by atoms with E-state index < -0.39 is 23.5 Å². The Morgan fingerprint density at radius 2 is 1.83 bits per heavy atom. The summed E-state index contributed by atoms with van der Waals surface area (Å²) in [5, 5.41) is 13.7. The Hall–Kier alpha value is -3.72. The lowest BCUT2D eigenvalue weighted by Gasteiger charge is -2.29. The van der Waals surface area contributed by atoms with Gasteiger partial charge in [0.1, 0.15) is 13.2 Å². The Bertz CT molecular complexity index is 1160. The van der Waals surface area contributed by atoms with Crippen LogP contribution in [0, 0.1) is 0 Å². The third kappa shape index (κ3) is 4.64. The quantitative estimate of drug-likeness (QED) is 0.327. The van der Waals surface area contributed by atoms with Crippen LogP contribution in [-0.4, -0.2) is 71.2 Å². The monoisotopic (exact) mass is 482 g/mol. The molecule has 0 aliphatic carbocycles. The number of ether oxygens (including phenoxy) is 4. The van der Waals surface area contributed by atoms with Crippen LogP contribution in [0.4, 0.5) is 0 Å². The van der Waals surface area contributed by atoms with Gasteiger partial charge in [-0.1, -0.05) is 24.0 Å².